The molecule has 0 aliphatic rings. The molecule has 0 aliphatic carbocycles. The zero-order valence-corrected chi connectivity index (χ0v) is 11.7. The van der Waals surface area contributed by atoms with Gasteiger partial charge in [-0.25, -0.2) is 0 Å². The number of halogens is 1. The van der Waals surface area contributed by atoms with E-state index in [1.54, 1.807) is 12.4 Å². The van der Waals surface area contributed by atoms with E-state index in [1.807, 2.05) is 32.0 Å². The topological polar surface area (TPSA) is 42.4 Å². The monoisotopic (exact) mass is 277 g/mol. The van der Waals surface area contributed by atoms with Crippen LogP contribution in [0.25, 0.3) is 0 Å². The Balaban J connectivity index is 2.18. The highest BCUT2D eigenvalue weighted by molar-refractivity contribution is 6.31. The Morgan fingerprint density at radius 3 is 2.53 bits per heavy atom. The van der Waals surface area contributed by atoms with E-state index in [0.29, 0.717) is 11.6 Å². The molecular weight excluding hydrogens is 262 g/mol. The van der Waals surface area contributed by atoms with Crippen molar-refractivity contribution >= 4 is 11.6 Å². The van der Waals surface area contributed by atoms with E-state index < -0.39 is 0 Å². The second-order valence-electron chi connectivity index (χ2n) is 4.47. The molecule has 0 radical (unpaired) electrons. The van der Waals surface area contributed by atoms with E-state index in [9.17, 15) is 0 Å². The Morgan fingerprint density at radius 2 is 1.95 bits per heavy atom. The van der Waals surface area contributed by atoms with Crippen LogP contribution in [-0.2, 0) is 13.2 Å². The largest absolute Gasteiger partial charge is 0.488 e. The molecule has 1 N–H and O–H groups in total. The van der Waals surface area contributed by atoms with Crippen LogP contribution in [0.4, 0.5) is 0 Å². The lowest BCUT2D eigenvalue weighted by Crippen LogP contribution is -2.01. The molecule has 100 valence electrons. The first-order chi connectivity index (χ1) is 9.11. The van der Waals surface area contributed by atoms with Crippen LogP contribution in [0.3, 0.4) is 0 Å². The second kappa shape index (κ2) is 6.04. The third kappa shape index (κ3) is 3.25. The highest BCUT2D eigenvalue weighted by Crippen LogP contribution is 2.26. The summed E-state index contributed by atoms with van der Waals surface area (Å²) in [6, 6.07) is 5.70. The van der Waals surface area contributed by atoms with E-state index in [0.717, 1.165) is 28.0 Å². The van der Waals surface area contributed by atoms with Crippen molar-refractivity contribution in [2.24, 2.45) is 0 Å². The van der Waals surface area contributed by atoms with Gasteiger partial charge in [0.25, 0.3) is 0 Å². The molecule has 0 amide bonds. The van der Waals surface area contributed by atoms with Gasteiger partial charge in [0.1, 0.15) is 12.4 Å². The van der Waals surface area contributed by atoms with Crippen LogP contribution in [0.2, 0.25) is 5.02 Å². The number of aryl methyl sites for hydroxylation is 2. The van der Waals surface area contributed by atoms with Gasteiger partial charge in [0.15, 0.2) is 0 Å². The molecule has 0 saturated heterocycles. The number of aliphatic hydroxyl groups excluding tert-OH is 1. The van der Waals surface area contributed by atoms with Gasteiger partial charge in [0.2, 0.25) is 0 Å². The zero-order valence-electron chi connectivity index (χ0n) is 11.0. The van der Waals surface area contributed by atoms with Gasteiger partial charge in [-0.2, -0.15) is 0 Å². The highest BCUT2D eigenvalue weighted by atomic mass is 35.5. The molecule has 19 heavy (non-hydrogen) atoms. The number of hydrogen-bond acceptors (Lipinski definition) is 3. The van der Waals surface area contributed by atoms with Crippen LogP contribution in [0.1, 0.15) is 22.3 Å². The Bertz CT molecular complexity index is 561. The average molecular weight is 278 g/mol. The predicted molar refractivity (Wildman–Crippen MR) is 75.4 cm³/mol. The van der Waals surface area contributed by atoms with Crippen LogP contribution in [-0.4, -0.2) is 10.1 Å². The maximum atomic E-state index is 9.16. The highest BCUT2D eigenvalue weighted by Gasteiger charge is 2.08. The third-order valence-electron chi connectivity index (χ3n) is 2.93. The fourth-order valence-electron chi connectivity index (χ4n) is 2.03. The molecule has 2 aromatic rings. The normalized spacial score (nSPS) is 10.5. The molecule has 0 bridgehead atoms. The standard InChI is InChI=1S/C15H16ClNO2/c1-10-5-12(8-18)6-11(2)15(10)19-9-13-3-4-17-7-14(13)16/h3-7,18H,8-9H2,1-2H3. The fourth-order valence-corrected chi connectivity index (χ4v) is 2.20. The van der Waals surface area contributed by atoms with Crippen molar-refractivity contribution in [1.82, 2.24) is 4.98 Å². The van der Waals surface area contributed by atoms with E-state index in [1.165, 1.54) is 0 Å². The maximum Gasteiger partial charge on any atom is 0.125 e. The number of rotatable bonds is 4. The van der Waals surface area contributed by atoms with E-state index in [2.05, 4.69) is 4.98 Å². The van der Waals surface area contributed by atoms with Crippen LogP contribution in [0, 0.1) is 13.8 Å². The molecule has 2 rings (SSSR count). The first kappa shape index (κ1) is 13.8. The van der Waals surface area contributed by atoms with Crippen molar-refractivity contribution in [2.75, 3.05) is 0 Å². The summed E-state index contributed by atoms with van der Waals surface area (Å²) in [5.74, 6) is 0.838. The molecule has 3 nitrogen and oxygen atoms in total. The molecule has 0 spiro atoms. The minimum absolute atomic E-state index is 0.0398. The van der Waals surface area contributed by atoms with Crippen molar-refractivity contribution in [3.63, 3.8) is 0 Å². The summed E-state index contributed by atoms with van der Waals surface area (Å²) in [6.45, 7) is 4.38. The zero-order chi connectivity index (χ0) is 13.8. The number of aromatic nitrogens is 1. The van der Waals surface area contributed by atoms with Gasteiger partial charge in [-0.3, -0.25) is 4.98 Å². The summed E-state index contributed by atoms with van der Waals surface area (Å²) in [5.41, 5.74) is 3.81. The third-order valence-corrected chi connectivity index (χ3v) is 3.27. The van der Waals surface area contributed by atoms with E-state index in [-0.39, 0.29) is 6.61 Å². The van der Waals surface area contributed by atoms with Gasteiger partial charge in [-0.1, -0.05) is 23.7 Å². The van der Waals surface area contributed by atoms with Crippen molar-refractivity contribution < 1.29 is 9.84 Å². The van der Waals surface area contributed by atoms with Gasteiger partial charge in [0.05, 0.1) is 11.6 Å². The van der Waals surface area contributed by atoms with Gasteiger partial charge in [-0.05, 0) is 36.6 Å². The molecule has 4 heteroatoms. The lowest BCUT2D eigenvalue weighted by molar-refractivity contribution is 0.280. The van der Waals surface area contributed by atoms with E-state index in [4.69, 9.17) is 21.4 Å². The summed E-state index contributed by atoms with van der Waals surface area (Å²) in [5, 5.41) is 9.76. The fraction of sp³-hybridized carbons (Fsp3) is 0.267. The van der Waals surface area contributed by atoms with Gasteiger partial charge >= 0.3 is 0 Å². The Kier molecular flexibility index (Phi) is 4.40. The van der Waals surface area contributed by atoms with Crippen LogP contribution in [0.5, 0.6) is 5.75 Å². The van der Waals surface area contributed by atoms with Gasteiger partial charge in [0, 0.05) is 18.0 Å². The predicted octanol–water partition coefficient (Wildman–Crippen LogP) is 3.42. The van der Waals surface area contributed by atoms with Crippen molar-refractivity contribution in [2.45, 2.75) is 27.1 Å². The Hall–Kier alpha value is -1.58. The molecule has 1 aromatic carbocycles. The minimum atomic E-state index is 0.0398. The maximum absolute atomic E-state index is 9.16. The number of pyridine rings is 1. The summed E-state index contributed by atoms with van der Waals surface area (Å²) < 4.78 is 5.84. The summed E-state index contributed by atoms with van der Waals surface area (Å²) >= 11 is 6.04. The Morgan fingerprint density at radius 1 is 1.26 bits per heavy atom. The van der Waals surface area contributed by atoms with Gasteiger partial charge in [-0.15, -0.1) is 0 Å². The summed E-state index contributed by atoms with van der Waals surface area (Å²) in [4.78, 5) is 3.94. The van der Waals surface area contributed by atoms with Crippen LogP contribution in [0.15, 0.2) is 30.6 Å². The summed E-state index contributed by atoms with van der Waals surface area (Å²) in [6.07, 6.45) is 3.30. The number of hydrogen-bond donors (Lipinski definition) is 1. The average Bonchev–Trinajstić information content (AvgIpc) is 2.39. The van der Waals surface area contributed by atoms with Crippen molar-refractivity contribution in [3.8, 4) is 5.75 Å². The molecule has 0 aliphatic heterocycles. The number of aliphatic hydroxyl groups is 1. The molecule has 0 saturated carbocycles. The molecule has 1 aromatic heterocycles. The lowest BCUT2D eigenvalue weighted by atomic mass is 10.1. The van der Waals surface area contributed by atoms with Crippen LogP contribution < -0.4 is 4.74 Å². The van der Waals surface area contributed by atoms with Gasteiger partial charge < -0.3 is 9.84 Å². The Labute approximate surface area is 117 Å². The number of benzene rings is 1. The van der Waals surface area contributed by atoms with Crippen LogP contribution >= 0.6 is 11.6 Å². The molecule has 0 fully saturated rings. The van der Waals surface area contributed by atoms with Crippen molar-refractivity contribution in [3.05, 3.63) is 57.9 Å². The van der Waals surface area contributed by atoms with E-state index >= 15 is 0 Å². The smallest absolute Gasteiger partial charge is 0.125 e. The SMILES string of the molecule is Cc1cc(CO)cc(C)c1OCc1ccncc1Cl. The second-order valence-corrected chi connectivity index (χ2v) is 4.88. The van der Waals surface area contributed by atoms with Crippen molar-refractivity contribution in [1.29, 1.82) is 0 Å². The molecular formula is C15H16ClNO2. The number of nitrogens with zero attached hydrogens (tertiary/aromatic N) is 1. The minimum Gasteiger partial charge on any atom is -0.488 e. The lowest BCUT2D eigenvalue weighted by Gasteiger charge is -2.14. The molecule has 0 unspecified atom stereocenters. The first-order valence-electron chi connectivity index (χ1n) is 6.04. The molecule has 0 atom stereocenters. The first-order valence-corrected chi connectivity index (χ1v) is 6.41. The molecule has 1 heterocycles. The quantitative estimate of drug-likeness (QED) is 0.931. The summed E-state index contributed by atoms with van der Waals surface area (Å²) in [7, 11) is 0. The number of ether oxygens (including phenoxy) is 1.